The summed E-state index contributed by atoms with van der Waals surface area (Å²) >= 11 is 6.27. The molecule has 1 unspecified atom stereocenters. The van der Waals surface area contributed by atoms with Gasteiger partial charge in [-0.05, 0) is 50.5 Å². The van der Waals surface area contributed by atoms with E-state index in [1.165, 1.54) is 0 Å². The molecule has 1 fully saturated rings. The predicted octanol–water partition coefficient (Wildman–Crippen LogP) is 4.05. The van der Waals surface area contributed by atoms with Crippen LogP contribution in [0.5, 0.6) is 0 Å². The van der Waals surface area contributed by atoms with Gasteiger partial charge in [0.2, 0.25) is 5.91 Å². The van der Waals surface area contributed by atoms with Crippen molar-refractivity contribution < 1.29 is 14.4 Å². The van der Waals surface area contributed by atoms with Crippen molar-refractivity contribution in [1.29, 1.82) is 0 Å². The van der Waals surface area contributed by atoms with Gasteiger partial charge < -0.3 is 14.7 Å². The summed E-state index contributed by atoms with van der Waals surface area (Å²) in [6.45, 7) is 4.87. The summed E-state index contributed by atoms with van der Waals surface area (Å²) in [4.78, 5) is 45.7. The molecule has 174 valence electrons. The van der Waals surface area contributed by atoms with E-state index in [2.05, 4.69) is 0 Å². The highest BCUT2D eigenvalue weighted by Gasteiger charge is 2.56. The fourth-order valence-electron chi connectivity index (χ4n) is 5.51. The maximum atomic E-state index is 13.7. The quantitative estimate of drug-likeness (QED) is 0.684. The normalized spacial score (nSPS) is 19.6. The Balaban J connectivity index is 1.75. The van der Waals surface area contributed by atoms with Crippen molar-refractivity contribution in [3.63, 3.8) is 0 Å². The summed E-state index contributed by atoms with van der Waals surface area (Å²) in [5.41, 5.74) is 1.15. The number of nitrogens with zero attached hydrogens (tertiary/aromatic N) is 3. The molecule has 3 amide bonds. The first-order chi connectivity index (χ1) is 15.7. The number of fused-ring (bicyclic) bond motifs is 1. The minimum absolute atomic E-state index is 0.0218. The van der Waals surface area contributed by atoms with Crippen molar-refractivity contribution in [2.75, 3.05) is 27.2 Å². The van der Waals surface area contributed by atoms with Crippen molar-refractivity contribution in [3.8, 4) is 0 Å². The van der Waals surface area contributed by atoms with Crippen LogP contribution in [0.2, 0.25) is 5.02 Å². The van der Waals surface area contributed by atoms with Gasteiger partial charge in [-0.3, -0.25) is 14.4 Å². The molecule has 6 nitrogen and oxygen atoms in total. The lowest BCUT2D eigenvalue weighted by Crippen LogP contribution is -2.67. The molecule has 0 bridgehead atoms. The van der Waals surface area contributed by atoms with E-state index in [1.54, 1.807) is 48.2 Å². The summed E-state index contributed by atoms with van der Waals surface area (Å²) in [7, 11) is 3.51. The number of piperidine rings is 1. The van der Waals surface area contributed by atoms with Crippen LogP contribution in [-0.2, 0) is 4.79 Å². The molecule has 2 heterocycles. The van der Waals surface area contributed by atoms with Crippen LogP contribution >= 0.6 is 11.6 Å². The van der Waals surface area contributed by atoms with Gasteiger partial charge in [0.05, 0.1) is 22.0 Å². The first-order valence-corrected chi connectivity index (χ1v) is 11.7. The standard InChI is InChI=1S/C26H30ClN3O3/c1-17(2)30-24(32)19-10-6-5-9-18(19)22(25(33)28(3)4)26(30)13-15-29(16-14-26)23(31)20-11-7-8-12-21(20)27/h5-12,17,22H,13-16H2,1-4H3. The smallest absolute Gasteiger partial charge is 0.255 e. The van der Waals surface area contributed by atoms with Gasteiger partial charge >= 0.3 is 0 Å². The maximum absolute atomic E-state index is 13.7. The number of carbonyl (C=O) groups excluding carboxylic acids is 3. The molecule has 2 aromatic carbocycles. The van der Waals surface area contributed by atoms with E-state index in [1.807, 2.05) is 43.0 Å². The number of carbonyl (C=O) groups is 3. The van der Waals surface area contributed by atoms with Gasteiger partial charge in [-0.2, -0.15) is 0 Å². The van der Waals surface area contributed by atoms with Crippen molar-refractivity contribution >= 4 is 29.3 Å². The fraction of sp³-hybridized carbons (Fsp3) is 0.423. The molecule has 1 spiro atoms. The third kappa shape index (κ3) is 3.80. The summed E-state index contributed by atoms with van der Waals surface area (Å²) in [5, 5.41) is 0.425. The van der Waals surface area contributed by atoms with Crippen LogP contribution in [0.3, 0.4) is 0 Å². The average molecular weight is 468 g/mol. The van der Waals surface area contributed by atoms with Crippen LogP contribution < -0.4 is 0 Å². The molecule has 1 atom stereocenters. The minimum Gasteiger partial charge on any atom is -0.348 e. The summed E-state index contributed by atoms with van der Waals surface area (Å²) < 4.78 is 0. The van der Waals surface area contributed by atoms with E-state index in [0.717, 1.165) is 5.56 Å². The summed E-state index contributed by atoms with van der Waals surface area (Å²) in [6.07, 6.45) is 1.04. The Morgan fingerprint density at radius 2 is 1.64 bits per heavy atom. The molecule has 0 saturated carbocycles. The van der Waals surface area contributed by atoms with Gasteiger partial charge in [-0.15, -0.1) is 0 Å². The van der Waals surface area contributed by atoms with Crippen LogP contribution in [0.15, 0.2) is 48.5 Å². The zero-order chi connectivity index (χ0) is 23.9. The van der Waals surface area contributed by atoms with Gasteiger partial charge in [0, 0.05) is 38.8 Å². The van der Waals surface area contributed by atoms with Crippen LogP contribution in [0.4, 0.5) is 0 Å². The molecular weight excluding hydrogens is 438 g/mol. The van der Waals surface area contributed by atoms with E-state index in [-0.39, 0.29) is 23.8 Å². The molecule has 0 N–H and O–H groups in total. The zero-order valence-corrected chi connectivity index (χ0v) is 20.3. The van der Waals surface area contributed by atoms with Gasteiger partial charge in [0.25, 0.3) is 11.8 Å². The molecule has 1 saturated heterocycles. The van der Waals surface area contributed by atoms with Crippen LogP contribution in [0.25, 0.3) is 0 Å². The third-order valence-electron chi connectivity index (χ3n) is 6.96. The molecule has 4 rings (SSSR count). The number of halogens is 1. The third-order valence-corrected chi connectivity index (χ3v) is 7.29. The molecule has 2 aromatic rings. The molecule has 7 heteroatoms. The number of likely N-dealkylation sites (N-methyl/N-ethyl adjacent to an activating group) is 1. The van der Waals surface area contributed by atoms with E-state index < -0.39 is 11.5 Å². The van der Waals surface area contributed by atoms with Crippen LogP contribution in [-0.4, -0.2) is 71.2 Å². The lowest BCUT2D eigenvalue weighted by Gasteiger charge is -2.56. The average Bonchev–Trinajstić information content (AvgIpc) is 2.79. The Morgan fingerprint density at radius 3 is 2.24 bits per heavy atom. The van der Waals surface area contributed by atoms with Crippen molar-refractivity contribution in [2.45, 2.75) is 44.2 Å². The van der Waals surface area contributed by atoms with Gasteiger partial charge in [-0.1, -0.05) is 41.9 Å². The van der Waals surface area contributed by atoms with Crippen LogP contribution in [0.1, 0.15) is 58.9 Å². The molecule has 2 aliphatic rings. The number of rotatable bonds is 3. The fourth-order valence-corrected chi connectivity index (χ4v) is 5.72. The highest BCUT2D eigenvalue weighted by molar-refractivity contribution is 6.33. The van der Waals surface area contributed by atoms with Gasteiger partial charge in [0.1, 0.15) is 0 Å². The Kier molecular flexibility index (Phi) is 6.23. The van der Waals surface area contributed by atoms with E-state index in [4.69, 9.17) is 11.6 Å². The second-order valence-corrected chi connectivity index (χ2v) is 9.80. The van der Waals surface area contributed by atoms with E-state index in [9.17, 15) is 14.4 Å². The predicted molar refractivity (Wildman–Crippen MR) is 129 cm³/mol. The summed E-state index contributed by atoms with van der Waals surface area (Å²) in [5.74, 6) is -0.674. The second kappa shape index (κ2) is 8.82. The summed E-state index contributed by atoms with van der Waals surface area (Å²) in [6, 6.07) is 14.4. The van der Waals surface area contributed by atoms with Crippen molar-refractivity contribution in [2.24, 2.45) is 0 Å². The monoisotopic (exact) mass is 467 g/mol. The molecule has 0 aromatic heterocycles. The second-order valence-electron chi connectivity index (χ2n) is 9.40. The molecule has 0 radical (unpaired) electrons. The minimum atomic E-state index is -0.696. The Hall–Kier alpha value is -2.86. The first-order valence-electron chi connectivity index (χ1n) is 11.4. The van der Waals surface area contributed by atoms with Crippen molar-refractivity contribution in [1.82, 2.24) is 14.7 Å². The largest absolute Gasteiger partial charge is 0.348 e. The topological polar surface area (TPSA) is 60.9 Å². The van der Waals surface area contributed by atoms with Crippen LogP contribution in [0, 0.1) is 0 Å². The SMILES string of the molecule is CC(C)N1C(=O)c2ccccc2C(C(=O)N(C)C)C12CCN(C(=O)c1ccccc1Cl)CC2. The highest BCUT2D eigenvalue weighted by Crippen LogP contribution is 2.48. The number of likely N-dealkylation sites (tertiary alicyclic amines) is 1. The van der Waals surface area contributed by atoms with Gasteiger partial charge in [0.15, 0.2) is 0 Å². The van der Waals surface area contributed by atoms with E-state index in [0.29, 0.717) is 42.1 Å². The Morgan fingerprint density at radius 1 is 1.03 bits per heavy atom. The highest BCUT2D eigenvalue weighted by atomic mass is 35.5. The molecular formula is C26H30ClN3O3. The van der Waals surface area contributed by atoms with Gasteiger partial charge in [-0.25, -0.2) is 0 Å². The number of amides is 3. The number of hydrogen-bond acceptors (Lipinski definition) is 3. The lowest BCUT2D eigenvalue weighted by molar-refractivity contribution is -0.136. The molecule has 33 heavy (non-hydrogen) atoms. The number of benzene rings is 2. The Labute approximate surface area is 200 Å². The zero-order valence-electron chi connectivity index (χ0n) is 19.5. The molecule has 0 aliphatic carbocycles. The number of hydrogen-bond donors (Lipinski definition) is 0. The lowest BCUT2D eigenvalue weighted by atomic mass is 9.66. The Bertz CT molecular complexity index is 1090. The first kappa shape index (κ1) is 23.3. The van der Waals surface area contributed by atoms with E-state index >= 15 is 0 Å². The molecule has 2 aliphatic heterocycles. The maximum Gasteiger partial charge on any atom is 0.255 e. The van der Waals surface area contributed by atoms with Crippen molar-refractivity contribution in [3.05, 3.63) is 70.2 Å².